The topological polar surface area (TPSA) is 56.4 Å². The first-order valence-electron chi connectivity index (χ1n) is 7.77. The summed E-state index contributed by atoms with van der Waals surface area (Å²) < 4.78 is 12.4. The van der Waals surface area contributed by atoms with Crippen molar-refractivity contribution in [1.29, 1.82) is 0 Å². The van der Waals surface area contributed by atoms with Gasteiger partial charge in [0.25, 0.3) is 5.91 Å². The number of fused-ring (bicyclic) bond motifs is 1. The number of hydrogen-bond donors (Lipinski definition) is 1. The predicted molar refractivity (Wildman–Crippen MR) is 93.6 cm³/mol. The molecule has 1 aromatic carbocycles. The average Bonchev–Trinajstić information content (AvgIpc) is 3.14. The van der Waals surface area contributed by atoms with Gasteiger partial charge in [0.05, 0.1) is 11.8 Å². The SMILES string of the molecule is COCCCNC(=O)c1cc2occc2n1Cc1cccc(Cl)c1. The zero-order valence-corrected chi connectivity index (χ0v) is 14.2. The third kappa shape index (κ3) is 3.63. The van der Waals surface area contributed by atoms with E-state index in [1.165, 1.54) is 0 Å². The van der Waals surface area contributed by atoms with E-state index in [0.717, 1.165) is 17.5 Å². The zero-order chi connectivity index (χ0) is 16.9. The number of halogens is 1. The number of ether oxygens (including phenoxy) is 1. The number of carbonyl (C=O) groups is 1. The first-order chi connectivity index (χ1) is 11.7. The predicted octanol–water partition coefficient (Wildman–Crippen LogP) is 3.70. The van der Waals surface area contributed by atoms with Crippen LogP contribution in [0.2, 0.25) is 5.02 Å². The molecule has 1 amide bonds. The van der Waals surface area contributed by atoms with Gasteiger partial charge in [0.2, 0.25) is 0 Å². The second kappa shape index (κ2) is 7.55. The number of rotatable bonds is 7. The van der Waals surface area contributed by atoms with Crippen molar-refractivity contribution in [2.45, 2.75) is 13.0 Å². The van der Waals surface area contributed by atoms with E-state index >= 15 is 0 Å². The van der Waals surface area contributed by atoms with Crippen LogP contribution >= 0.6 is 11.6 Å². The number of nitrogens with zero attached hydrogens (tertiary/aromatic N) is 1. The Kier molecular flexibility index (Phi) is 5.23. The molecule has 0 saturated heterocycles. The van der Waals surface area contributed by atoms with Gasteiger partial charge in [-0.3, -0.25) is 4.79 Å². The molecule has 0 unspecified atom stereocenters. The number of methoxy groups -OCH3 is 1. The molecule has 3 rings (SSSR count). The summed E-state index contributed by atoms with van der Waals surface area (Å²) in [4.78, 5) is 12.5. The highest BCUT2D eigenvalue weighted by atomic mass is 35.5. The van der Waals surface area contributed by atoms with E-state index < -0.39 is 0 Å². The summed E-state index contributed by atoms with van der Waals surface area (Å²) in [5.74, 6) is -0.125. The minimum atomic E-state index is -0.125. The lowest BCUT2D eigenvalue weighted by Crippen LogP contribution is -2.27. The van der Waals surface area contributed by atoms with Crippen molar-refractivity contribution in [1.82, 2.24) is 9.88 Å². The number of benzene rings is 1. The van der Waals surface area contributed by atoms with E-state index in [0.29, 0.717) is 36.0 Å². The lowest BCUT2D eigenvalue weighted by molar-refractivity contribution is 0.0940. The van der Waals surface area contributed by atoms with Crippen molar-refractivity contribution in [3.63, 3.8) is 0 Å². The Balaban J connectivity index is 1.85. The van der Waals surface area contributed by atoms with Crippen molar-refractivity contribution < 1.29 is 13.9 Å². The molecule has 2 aromatic heterocycles. The van der Waals surface area contributed by atoms with Crippen LogP contribution in [0.5, 0.6) is 0 Å². The molecule has 2 heterocycles. The van der Waals surface area contributed by atoms with Crippen molar-refractivity contribution in [3.05, 3.63) is 58.9 Å². The highest BCUT2D eigenvalue weighted by Gasteiger charge is 2.17. The maximum absolute atomic E-state index is 12.5. The van der Waals surface area contributed by atoms with Crippen molar-refractivity contribution >= 4 is 28.6 Å². The van der Waals surface area contributed by atoms with Crippen molar-refractivity contribution in [2.24, 2.45) is 0 Å². The maximum atomic E-state index is 12.5. The van der Waals surface area contributed by atoms with Crippen LogP contribution in [0.3, 0.4) is 0 Å². The van der Waals surface area contributed by atoms with E-state index in [1.54, 1.807) is 19.4 Å². The van der Waals surface area contributed by atoms with Gasteiger partial charge in [0.15, 0.2) is 5.58 Å². The van der Waals surface area contributed by atoms with Crippen LogP contribution in [0.15, 0.2) is 47.1 Å². The number of amides is 1. The van der Waals surface area contributed by atoms with Crippen LogP contribution in [-0.2, 0) is 11.3 Å². The molecule has 0 aliphatic heterocycles. The smallest absolute Gasteiger partial charge is 0.268 e. The molecule has 0 fully saturated rings. The first-order valence-corrected chi connectivity index (χ1v) is 8.15. The Morgan fingerprint density at radius 2 is 2.21 bits per heavy atom. The second-order valence-electron chi connectivity index (χ2n) is 5.52. The summed E-state index contributed by atoms with van der Waals surface area (Å²) in [7, 11) is 1.65. The van der Waals surface area contributed by atoms with Crippen LogP contribution in [0.1, 0.15) is 22.5 Å². The third-order valence-electron chi connectivity index (χ3n) is 3.80. The molecule has 0 radical (unpaired) electrons. The van der Waals surface area contributed by atoms with Crippen molar-refractivity contribution in [3.8, 4) is 0 Å². The molecule has 0 saturated carbocycles. The highest BCUT2D eigenvalue weighted by Crippen LogP contribution is 2.23. The molecule has 5 nitrogen and oxygen atoms in total. The van der Waals surface area contributed by atoms with Gasteiger partial charge in [-0.15, -0.1) is 0 Å². The number of hydrogen-bond acceptors (Lipinski definition) is 3. The molecule has 24 heavy (non-hydrogen) atoms. The standard InChI is InChI=1S/C18H19ClN2O3/c1-23-8-3-7-20-18(22)16-11-17-15(6-9-24-17)21(16)12-13-4-2-5-14(19)10-13/h2,4-6,9-11H,3,7-8,12H2,1H3,(H,20,22). The zero-order valence-electron chi connectivity index (χ0n) is 13.4. The number of carbonyl (C=O) groups excluding carboxylic acids is 1. The van der Waals surface area contributed by atoms with Gasteiger partial charge >= 0.3 is 0 Å². The van der Waals surface area contributed by atoms with Gasteiger partial charge in [-0.05, 0) is 24.1 Å². The van der Waals surface area contributed by atoms with Crippen LogP contribution in [0.4, 0.5) is 0 Å². The van der Waals surface area contributed by atoms with Gasteiger partial charge in [0, 0.05) is 44.0 Å². The average molecular weight is 347 g/mol. The second-order valence-corrected chi connectivity index (χ2v) is 5.95. The molecular formula is C18H19ClN2O3. The lowest BCUT2D eigenvalue weighted by atomic mass is 10.2. The Bertz CT molecular complexity index is 838. The molecule has 0 spiro atoms. The fraction of sp³-hybridized carbons (Fsp3) is 0.278. The van der Waals surface area contributed by atoms with Gasteiger partial charge in [-0.25, -0.2) is 0 Å². The van der Waals surface area contributed by atoms with E-state index in [2.05, 4.69) is 5.32 Å². The van der Waals surface area contributed by atoms with E-state index in [1.807, 2.05) is 34.9 Å². The quantitative estimate of drug-likeness (QED) is 0.664. The maximum Gasteiger partial charge on any atom is 0.268 e. The van der Waals surface area contributed by atoms with E-state index in [-0.39, 0.29) is 5.91 Å². The molecule has 126 valence electrons. The van der Waals surface area contributed by atoms with Gasteiger partial charge in [-0.1, -0.05) is 23.7 Å². The van der Waals surface area contributed by atoms with Crippen molar-refractivity contribution in [2.75, 3.05) is 20.3 Å². The Morgan fingerprint density at radius 3 is 3.00 bits per heavy atom. The minimum absolute atomic E-state index is 0.125. The molecule has 0 aliphatic rings. The minimum Gasteiger partial charge on any atom is -0.463 e. The monoisotopic (exact) mass is 346 g/mol. The molecule has 6 heteroatoms. The Labute approximate surface area is 145 Å². The number of aromatic nitrogens is 1. The van der Waals surface area contributed by atoms with Gasteiger partial charge < -0.3 is 19.0 Å². The van der Waals surface area contributed by atoms with E-state index in [4.69, 9.17) is 20.8 Å². The van der Waals surface area contributed by atoms with Crippen LogP contribution in [0, 0.1) is 0 Å². The summed E-state index contributed by atoms with van der Waals surface area (Å²) in [6.45, 7) is 1.73. The molecule has 0 bridgehead atoms. The normalized spacial score (nSPS) is 11.1. The summed E-state index contributed by atoms with van der Waals surface area (Å²) in [6.07, 6.45) is 2.40. The fourth-order valence-corrected chi connectivity index (χ4v) is 2.88. The highest BCUT2D eigenvalue weighted by molar-refractivity contribution is 6.30. The third-order valence-corrected chi connectivity index (χ3v) is 4.03. The molecule has 0 aliphatic carbocycles. The van der Waals surface area contributed by atoms with E-state index in [9.17, 15) is 4.79 Å². The van der Waals surface area contributed by atoms with Crippen LogP contribution < -0.4 is 5.32 Å². The fourth-order valence-electron chi connectivity index (χ4n) is 2.66. The summed E-state index contributed by atoms with van der Waals surface area (Å²) in [5, 5.41) is 3.59. The van der Waals surface area contributed by atoms with Crippen LogP contribution in [0.25, 0.3) is 11.1 Å². The molecule has 3 aromatic rings. The number of nitrogens with one attached hydrogen (secondary N) is 1. The number of furan rings is 1. The van der Waals surface area contributed by atoms with Crippen LogP contribution in [-0.4, -0.2) is 30.7 Å². The van der Waals surface area contributed by atoms with Gasteiger partial charge in [0.1, 0.15) is 5.69 Å². The Hall–Kier alpha value is -2.24. The summed E-state index contributed by atoms with van der Waals surface area (Å²) in [6, 6.07) is 11.2. The molecule has 1 N–H and O–H groups in total. The summed E-state index contributed by atoms with van der Waals surface area (Å²) in [5.41, 5.74) is 3.17. The Morgan fingerprint density at radius 1 is 1.33 bits per heavy atom. The van der Waals surface area contributed by atoms with Gasteiger partial charge in [-0.2, -0.15) is 0 Å². The first kappa shape index (κ1) is 16.6. The largest absolute Gasteiger partial charge is 0.463 e. The molecular weight excluding hydrogens is 328 g/mol. The lowest BCUT2D eigenvalue weighted by Gasteiger charge is -2.11. The summed E-state index contributed by atoms with van der Waals surface area (Å²) >= 11 is 6.06. The molecule has 0 atom stereocenters.